The predicted molar refractivity (Wildman–Crippen MR) is 75.5 cm³/mol. The lowest BCUT2D eigenvalue weighted by Gasteiger charge is -2.27. The Morgan fingerprint density at radius 2 is 1.95 bits per heavy atom. The molecule has 1 unspecified atom stereocenters. The Balaban J connectivity index is 2.07. The van der Waals surface area contributed by atoms with Gasteiger partial charge in [-0.25, -0.2) is 13.7 Å². The largest absolute Gasteiger partial charge is 0.336 e. The molecule has 7 heteroatoms. The number of anilines is 1. The van der Waals surface area contributed by atoms with Gasteiger partial charge in [-0.05, 0) is 43.6 Å². The van der Waals surface area contributed by atoms with Crippen LogP contribution in [0.5, 0.6) is 0 Å². The number of nitriles is 1. The van der Waals surface area contributed by atoms with Crippen LogP contribution in [0.25, 0.3) is 0 Å². The summed E-state index contributed by atoms with van der Waals surface area (Å²) in [6, 6.07) is 3.06. The van der Waals surface area contributed by atoms with Crippen LogP contribution >= 0.6 is 12.2 Å². The molecule has 1 aromatic rings. The van der Waals surface area contributed by atoms with Gasteiger partial charge in [0.25, 0.3) is 5.91 Å². The number of carbonyl (C=O) groups excluding carboxylic acids is 1. The molecule has 2 aliphatic rings. The normalized spacial score (nSPS) is 21.5. The molecule has 1 amide bonds. The molecule has 3 rings (SSSR count). The molecule has 1 aromatic carbocycles. The summed E-state index contributed by atoms with van der Waals surface area (Å²) in [7, 11) is 0. The van der Waals surface area contributed by atoms with E-state index in [0.717, 1.165) is 29.9 Å². The number of benzene rings is 1. The number of thiocarbonyl (C=S) groups is 1. The quantitative estimate of drug-likeness (QED) is 0.747. The maximum atomic E-state index is 14.1. The smallest absolute Gasteiger partial charge is 0.256 e. The van der Waals surface area contributed by atoms with Crippen molar-refractivity contribution in [3.8, 4) is 6.07 Å². The van der Waals surface area contributed by atoms with Crippen LogP contribution in [0.1, 0.15) is 24.8 Å². The van der Waals surface area contributed by atoms with Crippen molar-refractivity contribution in [3.05, 3.63) is 29.3 Å². The van der Waals surface area contributed by atoms with Crippen molar-refractivity contribution in [1.29, 1.82) is 5.26 Å². The first-order valence-electron chi connectivity index (χ1n) is 6.58. The molecule has 0 N–H and O–H groups in total. The summed E-state index contributed by atoms with van der Waals surface area (Å²) >= 11 is 5.21. The SMILES string of the molecule is N#Cc1cc(F)c(N2C(=O)C3CCCCN3C2=S)c(F)c1. The average Bonchev–Trinajstić information content (AvgIpc) is 2.72. The van der Waals surface area contributed by atoms with Gasteiger partial charge in [0.2, 0.25) is 0 Å². The van der Waals surface area contributed by atoms with E-state index in [-0.39, 0.29) is 10.7 Å². The second-order valence-electron chi connectivity index (χ2n) is 5.06. The summed E-state index contributed by atoms with van der Waals surface area (Å²) in [6.07, 6.45) is 2.42. The van der Waals surface area contributed by atoms with Crippen molar-refractivity contribution in [2.75, 3.05) is 11.4 Å². The molecular weight excluding hydrogens is 296 g/mol. The van der Waals surface area contributed by atoms with Gasteiger partial charge in [-0.3, -0.25) is 4.79 Å². The van der Waals surface area contributed by atoms with Gasteiger partial charge in [0.1, 0.15) is 11.7 Å². The van der Waals surface area contributed by atoms with Gasteiger partial charge in [-0.15, -0.1) is 0 Å². The molecule has 0 aromatic heterocycles. The zero-order valence-corrected chi connectivity index (χ0v) is 11.8. The molecule has 0 spiro atoms. The highest BCUT2D eigenvalue weighted by atomic mass is 32.1. The van der Waals surface area contributed by atoms with Crippen LogP contribution in [0.3, 0.4) is 0 Å². The van der Waals surface area contributed by atoms with Crippen molar-refractivity contribution in [1.82, 2.24) is 4.90 Å². The highest BCUT2D eigenvalue weighted by molar-refractivity contribution is 7.80. The molecule has 1 atom stereocenters. The van der Waals surface area contributed by atoms with Crippen LogP contribution in [0.2, 0.25) is 0 Å². The number of piperidine rings is 1. The van der Waals surface area contributed by atoms with Crippen molar-refractivity contribution in [2.45, 2.75) is 25.3 Å². The second-order valence-corrected chi connectivity index (χ2v) is 5.43. The fourth-order valence-corrected chi connectivity index (χ4v) is 3.24. The topological polar surface area (TPSA) is 47.3 Å². The second kappa shape index (κ2) is 5.04. The Morgan fingerprint density at radius 3 is 2.52 bits per heavy atom. The molecule has 0 radical (unpaired) electrons. The number of halogens is 2. The maximum absolute atomic E-state index is 14.1. The van der Waals surface area contributed by atoms with Crippen LogP contribution in [-0.4, -0.2) is 28.5 Å². The monoisotopic (exact) mass is 307 g/mol. The third kappa shape index (κ3) is 2.07. The van der Waals surface area contributed by atoms with Crippen LogP contribution in [0, 0.1) is 23.0 Å². The van der Waals surface area contributed by atoms with Gasteiger partial charge in [0.05, 0.1) is 11.6 Å². The molecule has 2 saturated heterocycles. The summed E-state index contributed by atoms with van der Waals surface area (Å²) in [5.41, 5.74) is -0.623. The van der Waals surface area contributed by atoms with E-state index in [1.165, 1.54) is 0 Å². The molecule has 0 saturated carbocycles. The zero-order chi connectivity index (χ0) is 15.1. The predicted octanol–water partition coefficient (Wildman–Crippen LogP) is 2.32. The van der Waals surface area contributed by atoms with Gasteiger partial charge < -0.3 is 4.90 Å². The molecule has 0 aliphatic carbocycles. The molecule has 0 bridgehead atoms. The molecule has 2 heterocycles. The molecule has 2 aliphatic heterocycles. The summed E-state index contributed by atoms with van der Waals surface area (Å²) < 4.78 is 28.2. The number of rotatable bonds is 1. The van der Waals surface area contributed by atoms with Crippen LogP contribution in [0.15, 0.2) is 12.1 Å². The first-order valence-corrected chi connectivity index (χ1v) is 6.99. The molecule has 21 heavy (non-hydrogen) atoms. The lowest BCUT2D eigenvalue weighted by Crippen LogP contribution is -2.38. The van der Waals surface area contributed by atoms with Gasteiger partial charge >= 0.3 is 0 Å². The lowest BCUT2D eigenvalue weighted by atomic mass is 10.0. The van der Waals surface area contributed by atoms with E-state index in [4.69, 9.17) is 17.5 Å². The summed E-state index contributed by atoms with van der Waals surface area (Å²) in [5, 5.41) is 8.85. The molecular formula is C14H11F2N3OS. The number of amides is 1. The third-order valence-electron chi connectivity index (χ3n) is 3.81. The summed E-state index contributed by atoms with van der Waals surface area (Å²) in [6.45, 7) is 0.616. The van der Waals surface area contributed by atoms with E-state index in [1.807, 2.05) is 0 Å². The average molecular weight is 307 g/mol. The van der Waals surface area contributed by atoms with E-state index < -0.39 is 29.3 Å². The third-order valence-corrected chi connectivity index (χ3v) is 4.23. The molecule has 4 nitrogen and oxygen atoms in total. The van der Waals surface area contributed by atoms with Crippen LogP contribution in [0.4, 0.5) is 14.5 Å². The number of carbonyl (C=O) groups is 1. The lowest BCUT2D eigenvalue weighted by molar-refractivity contribution is -0.120. The Bertz CT molecular complexity index is 638. The molecule has 2 fully saturated rings. The highest BCUT2D eigenvalue weighted by Gasteiger charge is 2.45. The first-order chi connectivity index (χ1) is 10.0. The van der Waals surface area contributed by atoms with Gasteiger partial charge in [-0.1, -0.05) is 0 Å². The zero-order valence-electron chi connectivity index (χ0n) is 11.0. The molecule has 108 valence electrons. The van der Waals surface area contributed by atoms with E-state index in [0.29, 0.717) is 13.0 Å². The van der Waals surface area contributed by atoms with Gasteiger partial charge in [0, 0.05) is 6.54 Å². The fourth-order valence-electron chi connectivity index (χ4n) is 2.84. The Labute approximate surface area is 125 Å². The summed E-state index contributed by atoms with van der Waals surface area (Å²) in [4.78, 5) is 15.1. The number of nitrogens with zero attached hydrogens (tertiary/aromatic N) is 3. The number of hydrogen-bond donors (Lipinski definition) is 0. The standard InChI is InChI=1S/C14H11F2N3OS/c15-9-5-8(7-17)6-10(16)12(9)19-13(20)11-3-1-2-4-18(11)14(19)21/h5-6,11H,1-4H2. The Kier molecular flexibility index (Phi) is 3.33. The van der Waals surface area contributed by atoms with Crippen molar-refractivity contribution in [3.63, 3.8) is 0 Å². The van der Waals surface area contributed by atoms with Crippen LogP contribution < -0.4 is 4.90 Å². The minimum Gasteiger partial charge on any atom is -0.336 e. The minimum atomic E-state index is -0.956. The highest BCUT2D eigenvalue weighted by Crippen LogP contribution is 2.34. The van der Waals surface area contributed by atoms with Crippen molar-refractivity contribution < 1.29 is 13.6 Å². The number of hydrogen-bond acceptors (Lipinski definition) is 3. The van der Waals surface area contributed by atoms with Crippen molar-refractivity contribution in [2.24, 2.45) is 0 Å². The minimum absolute atomic E-state index is 0.132. The Hall–Kier alpha value is -2.07. The summed E-state index contributed by atoms with van der Waals surface area (Å²) in [5.74, 6) is -2.31. The van der Waals surface area contributed by atoms with Gasteiger partial charge in [0.15, 0.2) is 16.7 Å². The Morgan fingerprint density at radius 1 is 1.29 bits per heavy atom. The maximum Gasteiger partial charge on any atom is 0.256 e. The van der Waals surface area contributed by atoms with Crippen LogP contribution in [-0.2, 0) is 4.79 Å². The van der Waals surface area contributed by atoms with E-state index in [2.05, 4.69) is 0 Å². The van der Waals surface area contributed by atoms with Crippen molar-refractivity contribution >= 4 is 28.9 Å². The van der Waals surface area contributed by atoms with E-state index in [1.54, 1.807) is 11.0 Å². The first kappa shape index (κ1) is 13.9. The van der Waals surface area contributed by atoms with E-state index >= 15 is 0 Å². The number of fused-ring (bicyclic) bond motifs is 1. The fraction of sp³-hybridized carbons (Fsp3) is 0.357. The van der Waals surface area contributed by atoms with E-state index in [9.17, 15) is 13.6 Å². The van der Waals surface area contributed by atoms with Gasteiger partial charge in [-0.2, -0.15) is 5.26 Å².